The summed E-state index contributed by atoms with van der Waals surface area (Å²) in [6, 6.07) is 26.4. The number of thioether (sulfide) groups is 1. The molecule has 5 heteroatoms. The van der Waals surface area contributed by atoms with Crippen molar-refractivity contribution in [1.82, 2.24) is 9.55 Å². The molecule has 0 radical (unpaired) electrons. The highest BCUT2D eigenvalue weighted by Gasteiger charge is 2.11. The molecule has 4 aromatic rings. The van der Waals surface area contributed by atoms with E-state index in [0.717, 1.165) is 40.7 Å². The molecule has 3 aromatic carbocycles. The number of nitrogens with zero attached hydrogens (tertiary/aromatic N) is 2. The van der Waals surface area contributed by atoms with E-state index in [9.17, 15) is 0 Å². The summed E-state index contributed by atoms with van der Waals surface area (Å²) in [4.78, 5) is 6.09. The Morgan fingerprint density at radius 1 is 0.857 bits per heavy atom. The first-order chi connectivity index (χ1) is 13.8. The highest BCUT2D eigenvalue weighted by atomic mass is 32.2. The van der Waals surface area contributed by atoms with E-state index in [4.69, 9.17) is 14.5 Å². The summed E-state index contributed by atoms with van der Waals surface area (Å²) >= 11 is 1.79. The van der Waals surface area contributed by atoms with Gasteiger partial charge in [0.15, 0.2) is 11.5 Å². The second-order valence-corrected chi connectivity index (χ2v) is 7.32. The first kappa shape index (κ1) is 18.4. The van der Waals surface area contributed by atoms with Crippen molar-refractivity contribution in [2.24, 2.45) is 0 Å². The Balaban J connectivity index is 1.51. The molecular formula is C23H22N2O2S. The van der Waals surface area contributed by atoms with Gasteiger partial charge in [0, 0.05) is 4.90 Å². The van der Waals surface area contributed by atoms with E-state index in [2.05, 4.69) is 47.0 Å². The van der Waals surface area contributed by atoms with Crippen molar-refractivity contribution in [1.29, 1.82) is 0 Å². The molecule has 0 N–H and O–H groups in total. The van der Waals surface area contributed by atoms with E-state index < -0.39 is 0 Å². The maximum Gasteiger partial charge on any atom is 0.161 e. The standard InChI is InChI=1S/C23H22N2O2S/c1-26-21-13-7-8-14-22(21)27-16-15-25-20-12-6-5-11-19(20)24-23(25)17-28-18-9-3-2-4-10-18/h2-14H,15-17H2,1H3. The van der Waals surface area contributed by atoms with Crippen LogP contribution < -0.4 is 9.47 Å². The molecule has 0 saturated heterocycles. The lowest BCUT2D eigenvalue weighted by atomic mass is 10.3. The maximum absolute atomic E-state index is 5.99. The number of benzene rings is 3. The van der Waals surface area contributed by atoms with Gasteiger partial charge in [-0.3, -0.25) is 0 Å². The second kappa shape index (κ2) is 8.85. The third-order valence-corrected chi connectivity index (χ3v) is 5.49. The zero-order valence-corrected chi connectivity index (χ0v) is 16.6. The molecule has 4 rings (SSSR count). The van der Waals surface area contributed by atoms with Crippen LogP contribution in [0.15, 0.2) is 83.8 Å². The molecule has 0 saturated carbocycles. The van der Waals surface area contributed by atoms with Crippen molar-refractivity contribution >= 4 is 22.8 Å². The molecule has 0 unspecified atom stereocenters. The van der Waals surface area contributed by atoms with Crippen molar-refractivity contribution in [3.63, 3.8) is 0 Å². The fourth-order valence-electron chi connectivity index (χ4n) is 3.13. The summed E-state index contributed by atoms with van der Waals surface area (Å²) in [5, 5.41) is 0. The predicted molar refractivity (Wildman–Crippen MR) is 114 cm³/mol. The lowest BCUT2D eigenvalue weighted by Crippen LogP contribution is -2.11. The topological polar surface area (TPSA) is 36.3 Å². The molecule has 1 heterocycles. The SMILES string of the molecule is COc1ccccc1OCCn1c(CSc2ccccc2)nc2ccccc21. The molecule has 0 fully saturated rings. The van der Waals surface area contributed by atoms with E-state index >= 15 is 0 Å². The van der Waals surface area contributed by atoms with Gasteiger partial charge in [0.2, 0.25) is 0 Å². The van der Waals surface area contributed by atoms with Crippen molar-refractivity contribution in [2.75, 3.05) is 13.7 Å². The zero-order valence-electron chi connectivity index (χ0n) is 15.7. The van der Waals surface area contributed by atoms with Crippen LogP contribution in [0.5, 0.6) is 11.5 Å². The Labute approximate surface area is 169 Å². The van der Waals surface area contributed by atoms with Crippen LogP contribution in [-0.2, 0) is 12.3 Å². The highest BCUT2D eigenvalue weighted by molar-refractivity contribution is 7.98. The number of imidazole rings is 1. The van der Waals surface area contributed by atoms with Crippen molar-refractivity contribution < 1.29 is 9.47 Å². The van der Waals surface area contributed by atoms with Gasteiger partial charge in [-0.05, 0) is 36.4 Å². The molecule has 0 aliphatic rings. The number of rotatable bonds is 8. The molecule has 4 nitrogen and oxygen atoms in total. The van der Waals surface area contributed by atoms with Crippen molar-refractivity contribution in [3.05, 3.63) is 84.7 Å². The van der Waals surface area contributed by atoms with Gasteiger partial charge in [-0.2, -0.15) is 0 Å². The summed E-state index contributed by atoms with van der Waals surface area (Å²) in [6.07, 6.45) is 0. The van der Waals surface area contributed by atoms with Gasteiger partial charge >= 0.3 is 0 Å². The zero-order chi connectivity index (χ0) is 19.2. The maximum atomic E-state index is 5.99. The van der Waals surface area contributed by atoms with Crippen LogP contribution in [0, 0.1) is 0 Å². The van der Waals surface area contributed by atoms with Crippen LogP contribution in [0.2, 0.25) is 0 Å². The molecule has 142 valence electrons. The number of aromatic nitrogens is 2. The van der Waals surface area contributed by atoms with Crippen LogP contribution in [0.25, 0.3) is 11.0 Å². The number of methoxy groups -OCH3 is 1. The van der Waals surface area contributed by atoms with E-state index in [1.165, 1.54) is 4.90 Å². The average molecular weight is 391 g/mol. The highest BCUT2D eigenvalue weighted by Crippen LogP contribution is 2.27. The van der Waals surface area contributed by atoms with Gasteiger partial charge in [0.05, 0.1) is 30.4 Å². The van der Waals surface area contributed by atoms with Gasteiger partial charge in [-0.1, -0.05) is 42.5 Å². The molecular weight excluding hydrogens is 368 g/mol. The monoisotopic (exact) mass is 390 g/mol. The van der Waals surface area contributed by atoms with Crippen LogP contribution in [0.4, 0.5) is 0 Å². The molecule has 0 aliphatic heterocycles. The van der Waals surface area contributed by atoms with E-state index in [-0.39, 0.29) is 0 Å². The molecule has 0 spiro atoms. The fraction of sp³-hybridized carbons (Fsp3) is 0.174. The summed E-state index contributed by atoms with van der Waals surface area (Å²) in [5.41, 5.74) is 2.15. The van der Waals surface area contributed by atoms with Crippen LogP contribution in [-0.4, -0.2) is 23.3 Å². The first-order valence-corrected chi connectivity index (χ1v) is 10.2. The number of ether oxygens (including phenoxy) is 2. The van der Waals surface area contributed by atoms with Crippen LogP contribution in [0.3, 0.4) is 0 Å². The Kier molecular flexibility index (Phi) is 5.83. The minimum Gasteiger partial charge on any atom is -0.493 e. The lowest BCUT2D eigenvalue weighted by molar-refractivity contribution is 0.280. The summed E-state index contributed by atoms with van der Waals surface area (Å²) in [6.45, 7) is 1.27. The Morgan fingerprint density at radius 2 is 1.57 bits per heavy atom. The van der Waals surface area contributed by atoms with Gasteiger partial charge in [-0.25, -0.2) is 4.98 Å². The van der Waals surface area contributed by atoms with Gasteiger partial charge in [0.1, 0.15) is 12.4 Å². The van der Waals surface area contributed by atoms with E-state index in [1.807, 2.05) is 36.4 Å². The number of para-hydroxylation sites is 4. The lowest BCUT2D eigenvalue weighted by Gasteiger charge is -2.13. The molecule has 0 aliphatic carbocycles. The minimum atomic E-state index is 0.545. The third kappa shape index (κ3) is 4.15. The molecule has 0 amide bonds. The predicted octanol–water partition coefficient (Wildman–Crippen LogP) is 5.42. The van der Waals surface area contributed by atoms with Gasteiger partial charge in [0.25, 0.3) is 0 Å². The number of fused-ring (bicyclic) bond motifs is 1. The summed E-state index contributed by atoms with van der Waals surface area (Å²) < 4.78 is 13.6. The Hall–Kier alpha value is -2.92. The third-order valence-electron chi connectivity index (χ3n) is 4.49. The largest absolute Gasteiger partial charge is 0.493 e. The van der Waals surface area contributed by atoms with E-state index in [1.54, 1.807) is 18.9 Å². The summed E-state index contributed by atoms with van der Waals surface area (Å²) in [5.74, 6) is 3.37. The Bertz CT molecular complexity index is 1050. The van der Waals surface area contributed by atoms with Gasteiger partial charge < -0.3 is 14.0 Å². The molecule has 0 atom stereocenters. The Morgan fingerprint density at radius 3 is 2.39 bits per heavy atom. The normalized spacial score (nSPS) is 10.9. The van der Waals surface area contributed by atoms with Crippen molar-refractivity contribution in [3.8, 4) is 11.5 Å². The first-order valence-electron chi connectivity index (χ1n) is 9.23. The van der Waals surface area contributed by atoms with Crippen LogP contribution in [0.1, 0.15) is 5.82 Å². The van der Waals surface area contributed by atoms with Gasteiger partial charge in [-0.15, -0.1) is 11.8 Å². The average Bonchev–Trinajstić information content (AvgIpc) is 3.11. The second-order valence-electron chi connectivity index (χ2n) is 6.27. The molecule has 0 bridgehead atoms. The van der Waals surface area contributed by atoms with Crippen LogP contribution >= 0.6 is 11.8 Å². The van der Waals surface area contributed by atoms with E-state index in [0.29, 0.717) is 6.61 Å². The summed E-state index contributed by atoms with van der Waals surface area (Å²) in [7, 11) is 1.66. The van der Waals surface area contributed by atoms with Crippen molar-refractivity contribution in [2.45, 2.75) is 17.2 Å². The number of hydrogen-bond donors (Lipinski definition) is 0. The minimum absolute atomic E-state index is 0.545. The fourth-order valence-corrected chi connectivity index (χ4v) is 4.00. The molecule has 1 aromatic heterocycles. The smallest absolute Gasteiger partial charge is 0.161 e. The molecule has 28 heavy (non-hydrogen) atoms. The number of hydrogen-bond acceptors (Lipinski definition) is 4. The quantitative estimate of drug-likeness (QED) is 0.377.